The van der Waals surface area contributed by atoms with E-state index in [4.69, 9.17) is 10.5 Å². The van der Waals surface area contributed by atoms with Crippen LogP contribution >= 0.6 is 11.3 Å². The van der Waals surface area contributed by atoms with Crippen molar-refractivity contribution in [3.8, 4) is 5.75 Å². The average molecular weight is 249 g/mol. The summed E-state index contributed by atoms with van der Waals surface area (Å²) in [6.07, 6.45) is 0.913. The molecule has 0 atom stereocenters. The normalized spacial score (nSPS) is 10.2. The van der Waals surface area contributed by atoms with Crippen molar-refractivity contribution in [2.45, 2.75) is 6.42 Å². The Morgan fingerprint density at radius 2 is 2.35 bits per heavy atom. The summed E-state index contributed by atoms with van der Waals surface area (Å²) in [5.41, 5.74) is 10.4. The Morgan fingerprint density at radius 1 is 1.47 bits per heavy atom. The minimum absolute atomic E-state index is 0.651. The first-order chi connectivity index (χ1) is 8.29. The number of hydrogen-bond donors (Lipinski definition) is 2. The molecule has 0 aliphatic rings. The molecule has 0 unspecified atom stereocenters. The zero-order valence-electron chi connectivity index (χ0n) is 9.64. The minimum Gasteiger partial charge on any atom is -0.495 e. The van der Waals surface area contributed by atoms with E-state index in [-0.39, 0.29) is 0 Å². The summed E-state index contributed by atoms with van der Waals surface area (Å²) < 4.78 is 5.16. The lowest BCUT2D eigenvalue weighted by Crippen LogP contribution is -2.05. The first kappa shape index (κ1) is 11.7. The molecule has 3 N–H and O–H groups in total. The number of nitrogens with two attached hydrogens (primary N) is 1. The highest BCUT2D eigenvalue weighted by molar-refractivity contribution is 7.07. The van der Waals surface area contributed by atoms with Crippen LogP contribution in [0.1, 0.15) is 5.69 Å². The Labute approximate surface area is 104 Å². The number of aromatic nitrogens is 1. The van der Waals surface area contributed by atoms with E-state index >= 15 is 0 Å². The quantitative estimate of drug-likeness (QED) is 0.799. The molecule has 0 saturated heterocycles. The van der Waals surface area contributed by atoms with Gasteiger partial charge in [-0.2, -0.15) is 0 Å². The number of anilines is 2. The van der Waals surface area contributed by atoms with Crippen LogP contribution < -0.4 is 15.8 Å². The predicted octanol–water partition coefficient (Wildman–Crippen LogP) is 2.39. The fourth-order valence-corrected chi connectivity index (χ4v) is 2.11. The largest absolute Gasteiger partial charge is 0.495 e. The Balaban J connectivity index is 1.90. The van der Waals surface area contributed by atoms with Crippen LogP contribution in [0.2, 0.25) is 0 Å². The van der Waals surface area contributed by atoms with Crippen LogP contribution in [0.15, 0.2) is 29.1 Å². The van der Waals surface area contributed by atoms with Crippen molar-refractivity contribution in [3.63, 3.8) is 0 Å². The van der Waals surface area contributed by atoms with Gasteiger partial charge in [-0.05, 0) is 12.1 Å². The molecule has 0 saturated carbocycles. The lowest BCUT2D eigenvalue weighted by molar-refractivity contribution is 0.417. The standard InChI is InChI=1S/C12H15N3OS/c1-16-12-6-9(2-3-11(12)13)14-5-4-10-7-17-8-15-10/h2-3,6-8,14H,4-5,13H2,1H3. The smallest absolute Gasteiger partial charge is 0.143 e. The van der Waals surface area contributed by atoms with Gasteiger partial charge in [0.05, 0.1) is 24.0 Å². The molecule has 4 nitrogen and oxygen atoms in total. The molecule has 17 heavy (non-hydrogen) atoms. The van der Waals surface area contributed by atoms with Crippen LogP contribution in [0.3, 0.4) is 0 Å². The highest BCUT2D eigenvalue weighted by Gasteiger charge is 2.01. The van der Waals surface area contributed by atoms with Gasteiger partial charge in [-0.1, -0.05) is 0 Å². The summed E-state index contributed by atoms with van der Waals surface area (Å²) in [6.45, 7) is 0.844. The van der Waals surface area contributed by atoms with Crippen LogP contribution in [0, 0.1) is 0 Å². The number of thiazole rings is 1. The van der Waals surface area contributed by atoms with E-state index in [0.717, 1.165) is 24.3 Å². The van der Waals surface area contributed by atoms with Gasteiger partial charge in [0.1, 0.15) is 5.75 Å². The number of rotatable bonds is 5. The van der Waals surface area contributed by atoms with Crippen molar-refractivity contribution in [1.82, 2.24) is 4.98 Å². The Hall–Kier alpha value is -1.75. The van der Waals surface area contributed by atoms with E-state index in [2.05, 4.69) is 15.7 Å². The molecule has 2 rings (SSSR count). The van der Waals surface area contributed by atoms with E-state index in [1.54, 1.807) is 18.4 Å². The maximum absolute atomic E-state index is 5.74. The summed E-state index contributed by atoms with van der Waals surface area (Å²) in [4.78, 5) is 4.23. The third kappa shape index (κ3) is 3.10. The van der Waals surface area contributed by atoms with E-state index in [9.17, 15) is 0 Å². The van der Waals surface area contributed by atoms with Crippen LogP contribution in [0.5, 0.6) is 5.75 Å². The van der Waals surface area contributed by atoms with Gasteiger partial charge in [-0.15, -0.1) is 11.3 Å². The molecule has 0 aliphatic carbocycles. The number of nitrogens with zero attached hydrogens (tertiary/aromatic N) is 1. The molecule has 0 bridgehead atoms. The monoisotopic (exact) mass is 249 g/mol. The highest BCUT2D eigenvalue weighted by atomic mass is 32.1. The molecular weight excluding hydrogens is 234 g/mol. The van der Waals surface area contributed by atoms with Gasteiger partial charge >= 0.3 is 0 Å². The number of nitrogens with one attached hydrogen (secondary N) is 1. The van der Waals surface area contributed by atoms with Crippen molar-refractivity contribution >= 4 is 22.7 Å². The lowest BCUT2D eigenvalue weighted by Gasteiger charge is -2.09. The molecule has 0 amide bonds. The van der Waals surface area contributed by atoms with Crippen LogP contribution in [0.25, 0.3) is 0 Å². The summed E-state index contributed by atoms with van der Waals surface area (Å²) in [5, 5.41) is 5.37. The van der Waals surface area contributed by atoms with Gasteiger partial charge in [0.15, 0.2) is 0 Å². The third-order valence-corrected chi connectivity index (χ3v) is 3.06. The van der Waals surface area contributed by atoms with Crippen LogP contribution in [-0.4, -0.2) is 18.6 Å². The van der Waals surface area contributed by atoms with Gasteiger partial charge < -0.3 is 15.8 Å². The van der Waals surface area contributed by atoms with Gasteiger partial charge in [-0.3, -0.25) is 0 Å². The van der Waals surface area contributed by atoms with E-state index in [0.29, 0.717) is 11.4 Å². The first-order valence-electron chi connectivity index (χ1n) is 5.34. The second-order valence-electron chi connectivity index (χ2n) is 3.61. The second-order valence-corrected chi connectivity index (χ2v) is 4.33. The van der Waals surface area contributed by atoms with E-state index in [1.807, 2.05) is 23.7 Å². The number of nitrogen functional groups attached to an aromatic ring is 1. The predicted molar refractivity (Wildman–Crippen MR) is 71.7 cm³/mol. The van der Waals surface area contributed by atoms with Gasteiger partial charge in [-0.25, -0.2) is 4.98 Å². The molecule has 0 spiro atoms. The molecule has 1 aromatic carbocycles. The van der Waals surface area contributed by atoms with Crippen LogP contribution in [-0.2, 0) is 6.42 Å². The summed E-state index contributed by atoms with van der Waals surface area (Å²) in [7, 11) is 1.62. The first-order valence-corrected chi connectivity index (χ1v) is 6.28. The third-order valence-electron chi connectivity index (χ3n) is 2.43. The Kier molecular flexibility index (Phi) is 3.82. The molecule has 5 heteroatoms. The van der Waals surface area contributed by atoms with Gasteiger partial charge in [0.2, 0.25) is 0 Å². The van der Waals surface area contributed by atoms with Crippen molar-refractivity contribution in [3.05, 3.63) is 34.8 Å². The number of hydrogen-bond acceptors (Lipinski definition) is 5. The maximum Gasteiger partial charge on any atom is 0.143 e. The van der Waals surface area contributed by atoms with Gasteiger partial charge in [0.25, 0.3) is 0 Å². The van der Waals surface area contributed by atoms with Gasteiger partial charge in [0, 0.05) is 30.1 Å². The van der Waals surface area contributed by atoms with E-state index < -0.39 is 0 Å². The molecule has 1 aromatic heterocycles. The SMILES string of the molecule is COc1cc(NCCc2cscn2)ccc1N. The molecule has 1 heterocycles. The fraction of sp³-hybridized carbons (Fsp3) is 0.250. The van der Waals surface area contributed by atoms with Crippen molar-refractivity contribution in [2.75, 3.05) is 24.7 Å². The lowest BCUT2D eigenvalue weighted by atomic mass is 10.2. The topological polar surface area (TPSA) is 60.2 Å². The zero-order valence-corrected chi connectivity index (χ0v) is 10.5. The molecular formula is C12H15N3OS. The van der Waals surface area contributed by atoms with Crippen molar-refractivity contribution < 1.29 is 4.74 Å². The molecule has 2 aromatic rings. The zero-order chi connectivity index (χ0) is 12.1. The summed E-state index contributed by atoms with van der Waals surface area (Å²) in [6, 6.07) is 5.68. The average Bonchev–Trinajstić information content (AvgIpc) is 2.84. The maximum atomic E-state index is 5.74. The number of ether oxygens (including phenoxy) is 1. The molecule has 0 fully saturated rings. The molecule has 0 radical (unpaired) electrons. The second kappa shape index (κ2) is 5.54. The summed E-state index contributed by atoms with van der Waals surface area (Å²) >= 11 is 1.62. The number of benzene rings is 1. The number of methoxy groups -OCH3 is 1. The minimum atomic E-state index is 0.651. The van der Waals surface area contributed by atoms with Crippen LogP contribution in [0.4, 0.5) is 11.4 Å². The molecule has 0 aliphatic heterocycles. The summed E-state index contributed by atoms with van der Waals surface area (Å²) in [5.74, 6) is 0.698. The Morgan fingerprint density at radius 3 is 3.06 bits per heavy atom. The molecule has 90 valence electrons. The van der Waals surface area contributed by atoms with E-state index in [1.165, 1.54) is 0 Å². The Bertz CT molecular complexity index is 471. The van der Waals surface area contributed by atoms with Crippen molar-refractivity contribution in [1.29, 1.82) is 0 Å². The highest BCUT2D eigenvalue weighted by Crippen LogP contribution is 2.24. The fourth-order valence-electron chi connectivity index (χ4n) is 1.52. The van der Waals surface area contributed by atoms with Crippen molar-refractivity contribution in [2.24, 2.45) is 0 Å².